The molecule has 0 fully saturated rings. The van der Waals surface area contributed by atoms with Crippen molar-refractivity contribution in [1.29, 1.82) is 0 Å². The highest BCUT2D eigenvalue weighted by Gasteiger charge is 2.16. The van der Waals surface area contributed by atoms with Gasteiger partial charge in [0, 0.05) is 6.42 Å². The maximum Gasteiger partial charge on any atom is 0.303 e. The molecule has 2 aromatic rings. The summed E-state index contributed by atoms with van der Waals surface area (Å²) in [5.74, 6) is 0.311. The molecule has 1 aromatic carbocycles. The van der Waals surface area contributed by atoms with Gasteiger partial charge in [0.15, 0.2) is 0 Å². The smallest absolute Gasteiger partial charge is 0.303 e. The molecule has 0 spiro atoms. The largest absolute Gasteiger partial charge is 0.481 e. The minimum absolute atomic E-state index is 0.0948. The molecule has 0 aliphatic heterocycles. The lowest BCUT2D eigenvalue weighted by Crippen LogP contribution is -2.09. The van der Waals surface area contributed by atoms with Crippen LogP contribution in [-0.2, 0) is 4.79 Å². The van der Waals surface area contributed by atoms with Crippen molar-refractivity contribution in [1.82, 2.24) is 0 Å². The number of hydrogen-bond acceptors (Lipinski definition) is 3. The number of benzene rings is 1. The van der Waals surface area contributed by atoms with Gasteiger partial charge in [0.05, 0.1) is 21.7 Å². The lowest BCUT2D eigenvalue weighted by molar-refractivity contribution is -0.137. The van der Waals surface area contributed by atoms with Crippen LogP contribution in [0.4, 0.5) is 0 Å². The Balaban J connectivity index is 2.12. The summed E-state index contributed by atoms with van der Waals surface area (Å²) in [7, 11) is 0. The highest BCUT2D eigenvalue weighted by molar-refractivity contribution is 6.39. The van der Waals surface area contributed by atoms with Gasteiger partial charge in [-0.15, -0.1) is 0 Å². The van der Waals surface area contributed by atoms with Crippen molar-refractivity contribution in [3.05, 3.63) is 46.1 Å². The normalized spacial score (nSPS) is 12.3. The van der Waals surface area contributed by atoms with E-state index >= 15 is 0 Å². The van der Waals surface area contributed by atoms with Crippen LogP contribution in [0, 0.1) is 0 Å². The van der Waals surface area contributed by atoms with Crippen LogP contribution in [0.25, 0.3) is 11.3 Å². The van der Waals surface area contributed by atoms with E-state index < -0.39 is 5.97 Å². The fourth-order valence-corrected chi connectivity index (χ4v) is 2.62. The number of carboxylic acids is 1. The molecule has 0 saturated carbocycles. The molecule has 0 bridgehead atoms. The van der Waals surface area contributed by atoms with E-state index in [1.807, 2.05) is 0 Å². The Kier molecular flexibility index (Phi) is 5.28. The van der Waals surface area contributed by atoms with Crippen LogP contribution in [0.5, 0.6) is 0 Å². The predicted octanol–water partition coefficient (Wildman–Crippen LogP) is 4.51. The SMILES string of the molecule is N[C@@H](CCCC(=O)O)c1ccc(-c2c(Cl)cccc2Cl)o1. The maximum absolute atomic E-state index is 10.5. The highest BCUT2D eigenvalue weighted by Crippen LogP contribution is 2.36. The van der Waals surface area contributed by atoms with Crippen LogP contribution in [0.3, 0.4) is 0 Å². The fourth-order valence-electron chi connectivity index (χ4n) is 2.04. The molecule has 0 saturated heterocycles. The Bertz CT molecular complexity index is 619. The van der Waals surface area contributed by atoms with Gasteiger partial charge in [-0.05, 0) is 37.1 Å². The van der Waals surface area contributed by atoms with E-state index in [2.05, 4.69) is 0 Å². The fraction of sp³-hybridized carbons (Fsp3) is 0.267. The lowest BCUT2D eigenvalue weighted by Gasteiger charge is -2.08. The standard InChI is InChI=1S/C15H15Cl2NO3/c16-9-3-1-4-10(17)15(9)13-8-7-12(21-13)11(18)5-2-6-14(19)20/h1,3-4,7-8,11H,2,5-6,18H2,(H,19,20)/t11-/m0/s1. The number of carboxylic acid groups (broad SMARTS) is 1. The zero-order valence-corrected chi connectivity index (χ0v) is 12.7. The van der Waals surface area contributed by atoms with Crippen molar-refractivity contribution >= 4 is 29.2 Å². The van der Waals surface area contributed by atoms with Gasteiger partial charge in [0.1, 0.15) is 11.5 Å². The summed E-state index contributed by atoms with van der Waals surface area (Å²) in [5.41, 5.74) is 6.63. The second-order valence-corrected chi connectivity index (χ2v) is 5.51. The average Bonchev–Trinajstić information content (AvgIpc) is 2.87. The second kappa shape index (κ2) is 6.98. The zero-order valence-electron chi connectivity index (χ0n) is 11.2. The first-order valence-electron chi connectivity index (χ1n) is 6.50. The molecule has 0 amide bonds. The average molecular weight is 328 g/mol. The van der Waals surface area contributed by atoms with Gasteiger partial charge in [0.25, 0.3) is 0 Å². The summed E-state index contributed by atoms with van der Waals surface area (Å²) < 4.78 is 5.71. The van der Waals surface area contributed by atoms with Crippen molar-refractivity contribution < 1.29 is 14.3 Å². The quantitative estimate of drug-likeness (QED) is 0.818. The van der Waals surface area contributed by atoms with Crippen molar-refractivity contribution in [3.63, 3.8) is 0 Å². The molecule has 21 heavy (non-hydrogen) atoms. The number of nitrogens with two attached hydrogens (primary N) is 1. The second-order valence-electron chi connectivity index (χ2n) is 4.69. The summed E-state index contributed by atoms with van der Waals surface area (Å²) >= 11 is 12.3. The Morgan fingerprint density at radius 2 is 1.90 bits per heavy atom. The lowest BCUT2D eigenvalue weighted by atomic mass is 10.1. The molecule has 1 atom stereocenters. The zero-order chi connectivity index (χ0) is 15.4. The number of aliphatic carboxylic acids is 1. The van der Waals surface area contributed by atoms with Crippen LogP contribution in [-0.4, -0.2) is 11.1 Å². The van der Waals surface area contributed by atoms with Gasteiger partial charge >= 0.3 is 5.97 Å². The van der Waals surface area contributed by atoms with Crippen LogP contribution in [0.1, 0.15) is 31.1 Å². The van der Waals surface area contributed by atoms with Crippen molar-refractivity contribution in [2.75, 3.05) is 0 Å². The molecule has 3 N–H and O–H groups in total. The van der Waals surface area contributed by atoms with Gasteiger partial charge in [-0.1, -0.05) is 29.3 Å². The van der Waals surface area contributed by atoms with E-state index in [9.17, 15) is 4.79 Å². The van der Waals surface area contributed by atoms with Crippen LogP contribution >= 0.6 is 23.2 Å². The van der Waals surface area contributed by atoms with E-state index in [1.54, 1.807) is 30.3 Å². The Morgan fingerprint density at radius 1 is 1.24 bits per heavy atom. The van der Waals surface area contributed by atoms with Crippen LogP contribution in [0.2, 0.25) is 10.0 Å². The van der Waals surface area contributed by atoms with E-state index in [1.165, 1.54) is 0 Å². The molecule has 1 aromatic heterocycles. The van der Waals surface area contributed by atoms with Crippen molar-refractivity contribution in [2.24, 2.45) is 5.73 Å². The van der Waals surface area contributed by atoms with E-state index in [0.717, 1.165) is 0 Å². The summed E-state index contributed by atoms with van der Waals surface area (Å²) in [6.07, 6.45) is 1.13. The van der Waals surface area contributed by atoms with Crippen LogP contribution in [0.15, 0.2) is 34.7 Å². The molecule has 112 valence electrons. The van der Waals surface area contributed by atoms with Gasteiger partial charge in [-0.3, -0.25) is 4.79 Å². The molecule has 2 rings (SSSR count). The Labute approximate surface area is 132 Å². The third-order valence-electron chi connectivity index (χ3n) is 3.11. The Hall–Kier alpha value is -1.49. The molecule has 0 aliphatic carbocycles. The summed E-state index contributed by atoms with van der Waals surface area (Å²) in [4.78, 5) is 10.5. The van der Waals surface area contributed by atoms with Gasteiger partial charge in [-0.2, -0.15) is 0 Å². The van der Waals surface area contributed by atoms with E-state index in [-0.39, 0.29) is 12.5 Å². The van der Waals surface area contributed by atoms with Crippen molar-refractivity contribution in [2.45, 2.75) is 25.3 Å². The van der Waals surface area contributed by atoms with E-state index in [0.29, 0.717) is 40.0 Å². The van der Waals surface area contributed by atoms with Gasteiger partial charge in [-0.25, -0.2) is 0 Å². The third kappa shape index (κ3) is 4.00. The van der Waals surface area contributed by atoms with Crippen LogP contribution < -0.4 is 5.73 Å². The minimum Gasteiger partial charge on any atom is -0.481 e. The first-order chi connectivity index (χ1) is 9.99. The topological polar surface area (TPSA) is 76.5 Å². The first-order valence-corrected chi connectivity index (χ1v) is 7.26. The highest BCUT2D eigenvalue weighted by atomic mass is 35.5. The molecule has 0 aliphatic rings. The number of hydrogen-bond donors (Lipinski definition) is 2. The van der Waals surface area contributed by atoms with Gasteiger partial charge < -0.3 is 15.3 Å². The minimum atomic E-state index is -0.829. The molecule has 6 heteroatoms. The summed E-state index contributed by atoms with van der Waals surface area (Å²) in [6.45, 7) is 0. The molecule has 0 unspecified atom stereocenters. The van der Waals surface area contributed by atoms with E-state index in [4.69, 9.17) is 38.5 Å². The summed E-state index contributed by atoms with van der Waals surface area (Å²) in [6, 6.07) is 8.41. The Morgan fingerprint density at radius 3 is 2.52 bits per heavy atom. The summed E-state index contributed by atoms with van der Waals surface area (Å²) in [5, 5.41) is 9.62. The predicted molar refractivity (Wildman–Crippen MR) is 82.6 cm³/mol. The number of furan rings is 1. The number of halogens is 2. The molecular weight excluding hydrogens is 313 g/mol. The molecule has 0 radical (unpaired) electrons. The number of rotatable bonds is 6. The molecular formula is C15H15Cl2NO3. The maximum atomic E-state index is 10.5. The molecule has 4 nitrogen and oxygen atoms in total. The monoisotopic (exact) mass is 327 g/mol. The molecule has 1 heterocycles. The third-order valence-corrected chi connectivity index (χ3v) is 3.74. The number of carbonyl (C=O) groups is 1. The van der Waals surface area contributed by atoms with Gasteiger partial charge in [0.2, 0.25) is 0 Å². The van der Waals surface area contributed by atoms with Crippen molar-refractivity contribution in [3.8, 4) is 11.3 Å². The first kappa shape index (κ1) is 15.9.